The van der Waals surface area contributed by atoms with Gasteiger partial charge in [0, 0.05) is 22.5 Å². The zero-order valence-electron chi connectivity index (χ0n) is 7.51. The van der Waals surface area contributed by atoms with Crippen molar-refractivity contribution >= 4 is 15.9 Å². The van der Waals surface area contributed by atoms with E-state index in [0.29, 0.717) is 6.04 Å². The summed E-state index contributed by atoms with van der Waals surface area (Å²) in [5, 5.41) is 3.28. The molecule has 0 saturated heterocycles. The molecule has 0 bridgehead atoms. The lowest BCUT2D eigenvalue weighted by atomic mass is 10.0. The molecule has 1 aliphatic rings. The Morgan fingerprint density at radius 2 is 2.38 bits per heavy atom. The van der Waals surface area contributed by atoms with Crippen LogP contribution in [0.2, 0.25) is 0 Å². The Labute approximate surface area is 86.4 Å². The van der Waals surface area contributed by atoms with Crippen molar-refractivity contribution < 1.29 is 4.74 Å². The number of benzene rings is 1. The van der Waals surface area contributed by atoms with Crippen molar-refractivity contribution in [2.24, 2.45) is 0 Å². The summed E-state index contributed by atoms with van der Waals surface area (Å²) in [6, 6.07) is 6.63. The van der Waals surface area contributed by atoms with E-state index in [1.165, 1.54) is 5.56 Å². The van der Waals surface area contributed by atoms with Crippen molar-refractivity contribution in [3.05, 3.63) is 28.2 Å². The van der Waals surface area contributed by atoms with E-state index in [1.807, 2.05) is 13.1 Å². The summed E-state index contributed by atoms with van der Waals surface area (Å²) in [6.07, 6.45) is 1.05. The van der Waals surface area contributed by atoms with Crippen LogP contribution in [0, 0.1) is 0 Å². The van der Waals surface area contributed by atoms with Crippen LogP contribution in [0.5, 0.6) is 5.75 Å². The number of fused-ring (bicyclic) bond motifs is 1. The minimum absolute atomic E-state index is 0.442. The summed E-state index contributed by atoms with van der Waals surface area (Å²) >= 11 is 3.43. The molecule has 0 fully saturated rings. The van der Waals surface area contributed by atoms with Crippen molar-refractivity contribution in [2.45, 2.75) is 12.5 Å². The molecule has 1 aliphatic heterocycles. The molecular weight excluding hydrogens is 230 g/mol. The van der Waals surface area contributed by atoms with Crippen LogP contribution >= 0.6 is 15.9 Å². The monoisotopic (exact) mass is 241 g/mol. The van der Waals surface area contributed by atoms with Gasteiger partial charge in [0.05, 0.1) is 6.61 Å². The van der Waals surface area contributed by atoms with Gasteiger partial charge in [0.2, 0.25) is 0 Å². The first-order valence-corrected chi connectivity index (χ1v) is 5.20. The molecule has 1 atom stereocenters. The molecule has 3 heteroatoms. The Kier molecular flexibility index (Phi) is 2.56. The Bertz CT molecular complexity index is 314. The topological polar surface area (TPSA) is 21.3 Å². The van der Waals surface area contributed by atoms with Crippen LogP contribution in [0.4, 0.5) is 0 Å². The van der Waals surface area contributed by atoms with Gasteiger partial charge in [-0.2, -0.15) is 0 Å². The van der Waals surface area contributed by atoms with Gasteiger partial charge in [-0.25, -0.2) is 0 Å². The van der Waals surface area contributed by atoms with E-state index in [1.54, 1.807) is 0 Å². The fourth-order valence-electron chi connectivity index (χ4n) is 1.66. The minimum atomic E-state index is 0.442. The van der Waals surface area contributed by atoms with Crippen molar-refractivity contribution in [1.82, 2.24) is 5.32 Å². The third kappa shape index (κ3) is 1.71. The smallest absolute Gasteiger partial charge is 0.125 e. The first-order chi connectivity index (χ1) is 6.31. The molecule has 0 spiro atoms. The molecule has 2 rings (SSSR count). The lowest BCUT2D eigenvalue weighted by molar-refractivity contribution is 0.257. The summed E-state index contributed by atoms with van der Waals surface area (Å²) in [5.41, 5.74) is 1.26. The second-order valence-electron chi connectivity index (χ2n) is 3.16. The first-order valence-electron chi connectivity index (χ1n) is 4.41. The number of rotatable bonds is 1. The molecule has 70 valence electrons. The van der Waals surface area contributed by atoms with Gasteiger partial charge < -0.3 is 10.1 Å². The van der Waals surface area contributed by atoms with Crippen LogP contribution < -0.4 is 10.1 Å². The number of hydrogen-bond acceptors (Lipinski definition) is 2. The lowest BCUT2D eigenvalue weighted by Gasteiger charge is -2.25. The predicted octanol–water partition coefficient (Wildman–Crippen LogP) is 2.49. The summed E-state index contributed by atoms with van der Waals surface area (Å²) in [4.78, 5) is 0. The molecule has 2 nitrogen and oxygen atoms in total. The molecular formula is C10H12BrNO. The second-order valence-corrected chi connectivity index (χ2v) is 4.08. The summed E-state index contributed by atoms with van der Waals surface area (Å²) in [6.45, 7) is 0.801. The second kappa shape index (κ2) is 3.68. The largest absolute Gasteiger partial charge is 0.493 e. The number of nitrogens with one attached hydrogen (secondary N) is 1. The van der Waals surface area contributed by atoms with Gasteiger partial charge in [0.15, 0.2) is 0 Å². The van der Waals surface area contributed by atoms with Gasteiger partial charge in [0.1, 0.15) is 5.75 Å². The average Bonchev–Trinajstić information content (AvgIpc) is 2.16. The number of ether oxygens (including phenoxy) is 1. The van der Waals surface area contributed by atoms with Gasteiger partial charge in [0.25, 0.3) is 0 Å². The van der Waals surface area contributed by atoms with Gasteiger partial charge in [-0.3, -0.25) is 0 Å². The SMILES string of the molecule is CNC1CCOc2cc(Br)ccc21. The van der Waals surface area contributed by atoms with E-state index in [0.717, 1.165) is 23.2 Å². The minimum Gasteiger partial charge on any atom is -0.493 e. The summed E-state index contributed by atoms with van der Waals surface area (Å²) in [7, 11) is 1.99. The zero-order chi connectivity index (χ0) is 9.26. The Morgan fingerprint density at radius 1 is 1.54 bits per heavy atom. The summed E-state index contributed by atoms with van der Waals surface area (Å²) < 4.78 is 6.64. The predicted molar refractivity (Wildman–Crippen MR) is 56.1 cm³/mol. The maximum Gasteiger partial charge on any atom is 0.125 e. The van der Waals surface area contributed by atoms with Gasteiger partial charge in [-0.1, -0.05) is 22.0 Å². The summed E-state index contributed by atoms with van der Waals surface area (Å²) in [5.74, 6) is 1.000. The lowest BCUT2D eigenvalue weighted by Crippen LogP contribution is -2.23. The fourth-order valence-corrected chi connectivity index (χ4v) is 2.00. The molecule has 0 aromatic heterocycles. The van der Waals surface area contributed by atoms with E-state index in [2.05, 4.69) is 33.4 Å². The molecule has 13 heavy (non-hydrogen) atoms. The van der Waals surface area contributed by atoms with Crippen LogP contribution in [0.25, 0.3) is 0 Å². The molecule has 1 heterocycles. The van der Waals surface area contributed by atoms with Crippen molar-refractivity contribution in [3.8, 4) is 5.75 Å². The van der Waals surface area contributed by atoms with E-state index in [-0.39, 0.29) is 0 Å². The highest BCUT2D eigenvalue weighted by Crippen LogP contribution is 2.33. The quantitative estimate of drug-likeness (QED) is 0.816. The molecule has 1 unspecified atom stereocenters. The standard InChI is InChI=1S/C10H12BrNO/c1-12-9-4-5-13-10-6-7(11)2-3-8(9)10/h2-3,6,9,12H,4-5H2,1H3. The molecule has 1 aromatic carbocycles. The molecule has 0 radical (unpaired) electrons. The molecule has 0 amide bonds. The van der Waals surface area contributed by atoms with Gasteiger partial charge >= 0.3 is 0 Å². The van der Waals surface area contributed by atoms with Crippen molar-refractivity contribution in [1.29, 1.82) is 0 Å². The normalized spacial score (nSPS) is 20.6. The zero-order valence-corrected chi connectivity index (χ0v) is 9.10. The van der Waals surface area contributed by atoms with Crippen LogP contribution in [-0.4, -0.2) is 13.7 Å². The van der Waals surface area contributed by atoms with Crippen molar-refractivity contribution in [3.63, 3.8) is 0 Å². The van der Waals surface area contributed by atoms with Crippen LogP contribution in [0.3, 0.4) is 0 Å². The highest BCUT2D eigenvalue weighted by Gasteiger charge is 2.19. The van der Waals surface area contributed by atoms with E-state index in [4.69, 9.17) is 4.74 Å². The van der Waals surface area contributed by atoms with Crippen LogP contribution in [0.1, 0.15) is 18.0 Å². The average molecular weight is 242 g/mol. The third-order valence-corrected chi connectivity index (χ3v) is 2.86. The first kappa shape index (κ1) is 9.03. The number of halogens is 1. The number of hydrogen-bond donors (Lipinski definition) is 1. The van der Waals surface area contributed by atoms with Gasteiger partial charge in [-0.05, 0) is 19.2 Å². The van der Waals surface area contributed by atoms with E-state index in [9.17, 15) is 0 Å². The maximum absolute atomic E-state index is 5.57. The Hall–Kier alpha value is -0.540. The third-order valence-electron chi connectivity index (χ3n) is 2.36. The van der Waals surface area contributed by atoms with Crippen LogP contribution in [-0.2, 0) is 0 Å². The maximum atomic E-state index is 5.57. The van der Waals surface area contributed by atoms with Crippen LogP contribution in [0.15, 0.2) is 22.7 Å². The van der Waals surface area contributed by atoms with Crippen molar-refractivity contribution in [2.75, 3.05) is 13.7 Å². The highest BCUT2D eigenvalue weighted by atomic mass is 79.9. The fraction of sp³-hybridized carbons (Fsp3) is 0.400. The molecule has 1 N–H and O–H groups in total. The van der Waals surface area contributed by atoms with E-state index < -0.39 is 0 Å². The van der Waals surface area contributed by atoms with E-state index >= 15 is 0 Å². The Balaban J connectivity index is 2.40. The molecule has 0 saturated carbocycles. The highest BCUT2D eigenvalue weighted by molar-refractivity contribution is 9.10. The molecule has 1 aromatic rings. The van der Waals surface area contributed by atoms with Gasteiger partial charge in [-0.15, -0.1) is 0 Å². The Morgan fingerprint density at radius 3 is 3.15 bits per heavy atom. The molecule has 0 aliphatic carbocycles.